The molecule has 1 aromatic carbocycles. The number of anilines is 1. The first-order valence-electron chi connectivity index (χ1n) is 8.57. The van der Waals surface area contributed by atoms with E-state index in [0.717, 1.165) is 37.8 Å². The maximum atomic E-state index is 13.2. The van der Waals surface area contributed by atoms with Gasteiger partial charge in [-0.25, -0.2) is 9.59 Å². The molecular formula is C18H22N2O3. The quantitative estimate of drug-likeness (QED) is 0.867. The Morgan fingerprint density at radius 1 is 1.13 bits per heavy atom. The second kappa shape index (κ2) is 5.55. The van der Waals surface area contributed by atoms with Crippen molar-refractivity contribution < 1.29 is 14.7 Å². The van der Waals surface area contributed by atoms with E-state index in [1.54, 1.807) is 9.80 Å². The van der Waals surface area contributed by atoms with Crippen LogP contribution in [-0.2, 0) is 11.2 Å². The Hall–Kier alpha value is -2.04. The molecule has 3 unspecified atom stereocenters. The lowest BCUT2D eigenvalue weighted by molar-refractivity contribution is -0.141. The molecule has 5 nitrogen and oxygen atoms in total. The third-order valence-electron chi connectivity index (χ3n) is 5.71. The molecule has 122 valence electrons. The van der Waals surface area contributed by atoms with Gasteiger partial charge in [0.25, 0.3) is 0 Å². The van der Waals surface area contributed by atoms with Crippen LogP contribution in [0.5, 0.6) is 0 Å². The number of hydrogen-bond acceptors (Lipinski definition) is 2. The number of fused-ring (bicyclic) bond motifs is 2. The van der Waals surface area contributed by atoms with Crippen LogP contribution in [0, 0.1) is 5.92 Å². The molecule has 1 N–H and O–H groups in total. The van der Waals surface area contributed by atoms with Crippen molar-refractivity contribution >= 4 is 17.7 Å². The smallest absolute Gasteiger partial charge is 0.326 e. The lowest BCUT2D eigenvalue weighted by Gasteiger charge is -2.35. The Morgan fingerprint density at radius 2 is 1.91 bits per heavy atom. The van der Waals surface area contributed by atoms with Gasteiger partial charge in [0.1, 0.15) is 6.04 Å². The number of hydrogen-bond donors (Lipinski definition) is 1. The van der Waals surface area contributed by atoms with Crippen molar-refractivity contribution in [1.29, 1.82) is 0 Å². The molecule has 2 heterocycles. The van der Waals surface area contributed by atoms with E-state index in [2.05, 4.69) is 0 Å². The summed E-state index contributed by atoms with van der Waals surface area (Å²) in [5.74, 6) is -0.508. The Balaban J connectivity index is 1.65. The number of aliphatic carboxylic acids is 1. The number of carboxylic acid groups (broad SMARTS) is 1. The zero-order valence-electron chi connectivity index (χ0n) is 13.1. The molecule has 4 rings (SSSR count). The molecule has 5 heteroatoms. The van der Waals surface area contributed by atoms with Gasteiger partial charge < -0.3 is 10.0 Å². The summed E-state index contributed by atoms with van der Waals surface area (Å²) in [4.78, 5) is 28.3. The minimum atomic E-state index is -0.861. The zero-order valence-corrected chi connectivity index (χ0v) is 13.1. The molecular weight excluding hydrogens is 292 g/mol. The van der Waals surface area contributed by atoms with Crippen molar-refractivity contribution in [1.82, 2.24) is 4.90 Å². The third-order valence-corrected chi connectivity index (χ3v) is 5.71. The van der Waals surface area contributed by atoms with Gasteiger partial charge in [0.2, 0.25) is 0 Å². The van der Waals surface area contributed by atoms with E-state index < -0.39 is 12.0 Å². The van der Waals surface area contributed by atoms with Gasteiger partial charge in [-0.2, -0.15) is 0 Å². The van der Waals surface area contributed by atoms with Crippen LogP contribution in [0.4, 0.5) is 10.5 Å². The van der Waals surface area contributed by atoms with Gasteiger partial charge >= 0.3 is 12.0 Å². The molecule has 1 saturated heterocycles. The maximum absolute atomic E-state index is 13.2. The predicted molar refractivity (Wildman–Crippen MR) is 86.5 cm³/mol. The van der Waals surface area contributed by atoms with Gasteiger partial charge in [0, 0.05) is 18.3 Å². The van der Waals surface area contributed by atoms with Crippen LogP contribution < -0.4 is 4.90 Å². The largest absolute Gasteiger partial charge is 0.480 e. The number of benzene rings is 1. The minimum absolute atomic E-state index is 0.102. The van der Waals surface area contributed by atoms with Crippen LogP contribution in [0.25, 0.3) is 0 Å². The number of urea groups is 1. The second-order valence-corrected chi connectivity index (χ2v) is 6.92. The zero-order chi connectivity index (χ0) is 16.0. The number of carbonyl (C=O) groups is 2. The summed E-state index contributed by atoms with van der Waals surface area (Å²) < 4.78 is 0. The van der Waals surface area contributed by atoms with E-state index in [4.69, 9.17) is 0 Å². The van der Waals surface area contributed by atoms with Crippen LogP contribution in [0.1, 0.15) is 37.7 Å². The van der Waals surface area contributed by atoms with Crippen LogP contribution in [0.3, 0.4) is 0 Å². The van der Waals surface area contributed by atoms with E-state index >= 15 is 0 Å². The van der Waals surface area contributed by atoms with Gasteiger partial charge in [-0.05, 0) is 43.2 Å². The molecule has 2 fully saturated rings. The first-order valence-corrected chi connectivity index (χ1v) is 8.57. The van der Waals surface area contributed by atoms with Gasteiger partial charge in [-0.1, -0.05) is 31.0 Å². The summed E-state index contributed by atoms with van der Waals surface area (Å²) in [6.07, 6.45) is 5.70. The molecule has 3 atom stereocenters. The summed E-state index contributed by atoms with van der Waals surface area (Å²) in [5.41, 5.74) is 2.12. The SMILES string of the molecule is O=C(O)C1CC2CCCCC2N1C(=O)N1CCc2ccccc21. The molecule has 2 amide bonds. The van der Waals surface area contributed by atoms with Gasteiger partial charge in [0.05, 0.1) is 0 Å². The van der Waals surface area contributed by atoms with Gasteiger partial charge in [-0.3, -0.25) is 4.90 Å². The Kier molecular flexibility index (Phi) is 3.51. The van der Waals surface area contributed by atoms with Gasteiger partial charge in [-0.15, -0.1) is 0 Å². The topological polar surface area (TPSA) is 60.9 Å². The highest BCUT2D eigenvalue weighted by molar-refractivity contribution is 5.97. The summed E-state index contributed by atoms with van der Waals surface area (Å²) in [5, 5.41) is 9.61. The average Bonchev–Trinajstić information content (AvgIpc) is 3.16. The molecule has 23 heavy (non-hydrogen) atoms. The van der Waals surface area contributed by atoms with E-state index in [1.807, 2.05) is 24.3 Å². The number of amides is 2. The summed E-state index contributed by atoms with van der Waals surface area (Å²) in [6, 6.07) is 7.26. The molecule has 1 aliphatic carbocycles. The fourth-order valence-corrected chi connectivity index (χ4v) is 4.63. The number of carboxylic acids is 1. The molecule has 1 saturated carbocycles. The molecule has 3 aliphatic rings. The van der Waals surface area contributed by atoms with Crippen molar-refractivity contribution in [3.8, 4) is 0 Å². The molecule has 0 bridgehead atoms. The Labute approximate surface area is 135 Å². The fourth-order valence-electron chi connectivity index (χ4n) is 4.63. The normalized spacial score (nSPS) is 29.3. The molecule has 1 aromatic rings. The van der Waals surface area contributed by atoms with Crippen molar-refractivity contribution in [2.45, 2.75) is 50.6 Å². The first-order chi connectivity index (χ1) is 11.2. The lowest BCUT2D eigenvalue weighted by Crippen LogP contribution is -2.52. The highest BCUT2D eigenvalue weighted by Gasteiger charge is 2.49. The first kappa shape index (κ1) is 14.5. The summed E-state index contributed by atoms with van der Waals surface area (Å²) in [7, 11) is 0. The fraction of sp³-hybridized carbons (Fsp3) is 0.556. The minimum Gasteiger partial charge on any atom is -0.480 e. The van der Waals surface area contributed by atoms with Crippen LogP contribution in [0.2, 0.25) is 0 Å². The summed E-state index contributed by atoms with van der Waals surface area (Å²) >= 11 is 0. The van der Waals surface area contributed by atoms with Crippen molar-refractivity contribution in [3.63, 3.8) is 0 Å². The van der Waals surface area contributed by atoms with Gasteiger partial charge in [0.15, 0.2) is 0 Å². The molecule has 2 aliphatic heterocycles. The lowest BCUT2D eigenvalue weighted by atomic mass is 9.85. The standard InChI is InChI=1S/C18H22N2O3/c21-17(22)16-11-13-6-2-4-8-15(13)20(16)18(23)19-10-9-12-5-1-3-7-14(12)19/h1,3,5,7,13,15-16H,2,4,6,8-11H2,(H,21,22). The molecule has 0 aromatic heterocycles. The maximum Gasteiger partial charge on any atom is 0.326 e. The Morgan fingerprint density at radius 3 is 2.74 bits per heavy atom. The third kappa shape index (κ3) is 2.30. The number of rotatable bonds is 1. The number of nitrogens with zero attached hydrogens (tertiary/aromatic N) is 2. The van der Waals surface area contributed by atoms with E-state index in [1.165, 1.54) is 5.56 Å². The van der Waals surface area contributed by atoms with Crippen LogP contribution in [0.15, 0.2) is 24.3 Å². The predicted octanol–water partition coefficient (Wildman–Crippen LogP) is 2.89. The van der Waals surface area contributed by atoms with E-state index in [-0.39, 0.29) is 12.1 Å². The Bertz CT molecular complexity index is 645. The van der Waals surface area contributed by atoms with Crippen LogP contribution in [-0.4, -0.2) is 40.6 Å². The number of para-hydroxylation sites is 1. The highest BCUT2D eigenvalue weighted by atomic mass is 16.4. The highest BCUT2D eigenvalue weighted by Crippen LogP contribution is 2.41. The monoisotopic (exact) mass is 314 g/mol. The average molecular weight is 314 g/mol. The molecule has 0 radical (unpaired) electrons. The van der Waals surface area contributed by atoms with E-state index in [0.29, 0.717) is 18.9 Å². The summed E-state index contributed by atoms with van der Waals surface area (Å²) in [6.45, 7) is 0.651. The van der Waals surface area contributed by atoms with Crippen LogP contribution >= 0.6 is 0 Å². The van der Waals surface area contributed by atoms with Crippen molar-refractivity contribution in [3.05, 3.63) is 29.8 Å². The molecule has 0 spiro atoms. The van der Waals surface area contributed by atoms with Crippen molar-refractivity contribution in [2.75, 3.05) is 11.4 Å². The second-order valence-electron chi connectivity index (χ2n) is 6.92. The number of carbonyl (C=O) groups excluding carboxylic acids is 1. The number of likely N-dealkylation sites (tertiary alicyclic amines) is 1. The van der Waals surface area contributed by atoms with Crippen molar-refractivity contribution in [2.24, 2.45) is 5.92 Å². The van der Waals surface area contributed by atoms with E-state index in [9.17, 15) is 14.7 Å².